The topological polar surface area (TPSA) is 114 Å². The van der Waals surface area contributed by atoms with E-state index >= 15 is 0 Å². The maximum absolute atomic E-state index is 13.2. The Morgan fingerprint density at radius 1 is 1.06 bits per heavy atom. The van der Waals surface area contributed by atoms with Gasteiger partial charge >= 0.3 is 18.0 Å². The van der Waals surface area contributed by atoms with Gasteiger partial charge in [-0.05, 0) is 62.4 Å². The number of piperidine rings is 1. The second-order valence-electron chi connectivity index (χ2n) is 9.75. The first kappa shape index (κ1) is 23.8. The van der Waals surface area contributed by atoms with Crippen molar-refractivity contribution in [3.63, 3.8) is 0 Å². The van der Waals surface area contributed by atoms with Crippen LogP contribution < -0.4 is 10.6 Å². The van der Waals surface area contributed by atoms with E-state index in [-0.39, 0.29) is 18.9 Å². The van der Waals surface area contributed by atoms with Crippen molar-refractivity contribution in [1.29, 1.82) is 0 Å². The molecule has 1 heterocycles. The van der Waals surface area contributed by atoms with Crippen molar-refractivity contribution >= 4 is 18.0 Å². The van der Waals surface area contributed by atoms with Gasteiger partial charge in [-0.15, -0.1) is 0 Å². The summed E-state index contributed by atoms with van der Waals surface area (Å²) in [6.07, 6.45) is -0.245. The van der Waals surface area contributed by atoms with Gasteiger partial charge in [-0.25, -0.2) is 9.59 Å². The Morgan fingerprint density at radius 2 is 1.65 bits per heavy atom. The van der Waals surface area contributed by atoms with Crippen molar-refractivity contribution in [2.75, 3.05) is 13.2 Å². The maximum Gasteiger partial charge on any atom is 0.408 e. The van der Waals surface area contributed by atoms with Crippen LogP contribution in [0.3, 0.4) is 0 Å². The number of carbonyl (C=O) groups excluding carboxylic acids is 2. The lowest BCUT2D eigenvalue weighted by atomic mass is 9.82. The van der Waals surface area contributed by atoms with Crippen molar-refractivity contribution in [2.45, 2.75) is 56.7 Å². The van der Waals surface area contributed by atoms with Crippen LogP contribution >= 0.6 is 0 Å². The summed E-state index contributed by atoms with van der Waals surface area (Å²) in [5.74, 6) is -2.20. The summed E-state index contributed by atoms with van der Waals surface area (Å²) in [6.45, 7) is 5.54. The molecule has 0 saturated carbocycles. The number of carboxylic acid groups (broad SMARTS) is 1. The maximum atomic E-state index is 13.2. The van der Waals surface area contributed by atoms with Crippen LogP contribution in [0, 0.1) is 0 Å². The molecule has 2 aromatic rings. The zero-order valence-corrected chi connectivity index (χ0v) is 19.6. The van der Waals surface area contributed by atoms with Gasteiger partial charge in [-0.1, -0.05) is 48.5 Å². The van der Waals surface area contributed by atoms with Gasteiger partial charge in [0.15, 0.2) is 5.54 Å². The van der Waals surface area contributed by atoms with Crippen LogP contribution in [0.1, 0.15) is 50.7 Å². The van der Waals surface area contributed by atoms with Crippen LogP contribution in [0.5, 0.6) is 0 Å². The number of amides is 1. The highest BCUT2D eigenvalue weighted by Gasteiger charge is 2.54. The lowest BCUT2D eigenvalue weighted by molar-refractivity contribution is -0.170. The summed E-state index contributed by atoms with van der Waals surface area (Å²) < 4.78 is 11.1. The average Bonchev–Trinajstić information content (AvgIpc) is 3.10. The first-order valence-corrected chi connectivity index (χ1v) is 11.5. The minimum Gasteiger partial charge on any atom is -0.480 e. The zero-order chi connectivity index (χ0) is 24.5. The van der Waals surface area contributed by atoms with Gasteiger partial charge in [0.1, 0.15) is 18.2 Å². The molecule has 0 radical (unpaired) electrons. The summed E-state index contributed by atoms with van der Waals surface area (Å²) in [7, 11) is 0. The molecule has 1 amide bonds. The molecule has 2 unspecified atom stereocenters. The van der Waals surface area contributed by atoms with Crippen LogP contribution in [0.2, 0.25) is 0 Å². The Labute approximate surface area is 198 Å². The molecule has 4 rings (SSSR count). The summed E-state index contributed by atoms with van der Waals surface area (Å²) in [5.41, 5.74) is 1.68. The van der Waals surface area contributed by atoms with E-state index in [1.807, 2.05) is 48.5 Å². The van der Waals surface area contributed by atoms with Crippen LogP contribution in [-0.2, 0) is 19.1 Å². The number of hydrogen-bond donors (Lipinski definition) is 3. The number of carboxylic acids is 1. The van der Waals surface area contributed by atoms with Crippen molar-refractivity contribution in [3.8, 4) is 11.1 Å². The molecular weight excluding hydrogens is 436 g/mol. The predicted molar refractivity (Wildman–Crippen MR) is 125 cm³/mol. The largest absolute Gasteiger partial charge is 0.480 e. The summed E-state index contributed by atoms with van der Waals surface area (Å²) in [5, 5.41) is 15.2. The molecule has 34 heavy (non-hydrogen) atoms. The average molecular weight is 467 g/mol. The number of aliphatic carboxylic acids is 1. The van der Waals surface area contributed by atoms with E-state index in [9.17, 15) is 19.5 Å². The molecule has 8 heteroatoms. The fraction of sp³-hybridized carbons (Fsp3) is 0.423. The van der Waals surface area contributed by atoms with E-state index in [2.05, 4.69) is 10.6 Å². The molecule has 2 atom stereocenters. The minimum absolute atomic E-state index is 0.0510. The fourth-order valence-corrected chi connectivity index (χ4v) is 4.82. The molecule has 2 aromatic carbocycles. The number of nitrogens with one attached hydrogen (secondary N) is 2. The van der Waals surface area contributed by atoms with Gasteiger partial charge in [0.25, 0.3) is 0 Å². The molecule has 1 fully saturated rings. The third kappa shape index (κ3) is 4.50. The molecule has 2 aliphatic rings. The number of fused-ring (bicyclic) bond motifs is 3. The lowest BCUT2D eigenvalue weighted by Gasteiger charge is -2.41. The monoisotopic (exact) mass is 466 g/mol. The van der Waals surface area contributed by atoms with Crippen molar-refractivity contribution in [1.82, 2.24) is 10.6 Å². The number of esters is 1. The third-order valence-electron chi connectivity index (χ3n) is 6.27. The number of alkyl carbamates (subject to hydrolysis) is 1. The van der Waals surface area contributed by atoms with E-state index < -0.39 is 35.2 Å². The number of ether oxygens (including phenoxy) is 2. The van der Waals surface area contributed by atoms with Crippen LogP contribution in [0.15, 0.2) is 48.5 Å². The molecule has 1 saturated heterocycles. The zero-order valence-electron chi connectivity index (χ0n) is 19.6. The molecule has 0 bridgehead atoms. The van der Waals surface area contributed by atoms with E-state index in [0.717, 1.165) is 22.3 Å². The van der Waals surface area contributed by atoms with Crippen LogP contribution in [0.4, 0.5) is 4.79 Å². The minimum atomic E-state index is -1.78. The van der Waals surface area contributed by atoms with E-state index in [1.54, 1.807) is 20.8 Å². The predicted octanol–water partition coefficient (Wildman–Crippen LogP) is 3.44. The first-order chi connectivity index (χ1) is 16.1. The van der Waals surface area contributed by atoms with Crippen LogP contribution in [-0.4, -0.2) is 53.5 Å². The fourth-order valence-electron chi connectivity index (χ4n) is 4.82. The molecular formula is C26H30N2O6. The van der Waals surface area contributed by atoms with Gasteiger partial charge < -0.3 is 25.2 Å². The number of carbonyl (C=O) groups is 3. The Morgan fingerprint density at radius 3 is 2.21 bits per heavy atom. The lowest BCUT2D eigenvalue weighted by Crippen LogP contribution is -2.71. The summed E-state index contributed by atoms with van der Waals surface area (Å²) in [6, 6.07) is 14.6. The van der Waals surface area contributed by atoms with Crippen molar-refractivity contribution in [3.05, 3.63) is 59.7 Å². The molecule has 0 spiro atoms. The second-order valence-corrected chi connectivity index (χ2v) is 9.75. The van der Waals surface area contributed by atoms with E-state index in [0.29, 0.717) is 13.0 Å². The first-order valence-electron chi connectivity index (χ1n) is 11.5. The van der Waals surface area contributed by atoms with Crippen LogP contribution in [0.25, 0.3) is 11.1 Å². The number of rotatable bonds is 5. The standard InChI is InChI=1S/C26H30N2O6/c1-25(2,3)34-23(31)26(13-8-14-27-21(26)22(29)30)28-24(32)33-15-20-18-11-6-4-9-16(18)17-10-5-7-12-19(17)20/h4-7,9-12,20-21,27H,8,13-15H2,1-3H3,(H,28,32)(H,29,30). The Kier molecular flexibility index (Phi) is 6.36. The van der Waals surface area contributed by atoms with E-state index in [1.165, 1.54) is 0 Å². The molecule has 3 N–H and O–H groups in total. The number of benzene rings is 2. The van der Waals surface area contributed by atoms with E-state index in [4.69, 9.17) is 9.47 Å². The van der Waals surface area contributed by atoms with Gasteiger partial charge in [0, 0.05) is 5.92 Å². The summed E-state index contributed by atoms with van der Waals surface area (Å²) in [4.78, 5) is 38.2. The highest BCUT2D eigenvalue weighted by Crippen LogP contribution is 2.44. The normalized spacial score (nSPS) is 21.8. The molecule has 1 aliphatic carbocycles. The van der Waals surface area contributed by atoms with Gasteiger partial charge in [0.05, 0.1) is 0 Å². The Balaban J connectivity index is 1.55. The highest BCUT2D eigenvalue weighted by molar-refractivity contribution is 5.94. The van der Waals surface area contributed by atoms with Crippen molar-refractivity contribution in [2.24, 2.45) is 0 Å². The van der Waals surface area contributed by atoms with Gasteiger partial charge in [-0.2, -0.15) is 0 Å². The quantitative estimate of drug-likeness (QED) is 0.579. The molecule has 8 nitrogen and oxygen atoms in total. The Hall–Kier alpha value is -3.39. The molecule has 1 aliphatic heterocycles. The Bertz CT molecular complexity index is 1060. The smallest absolute Gasteiger partial charge is 0.408 e. The van der Waals surface area contributed by atoms with Crippen molar-refractivity contribution < 1.29 is 29.0 Å². The number of hydrogen-bond acceptors (Lipinski definition) is 6. The summed E-state index contributed by atoms with van der Waals surface area (Å²) >= 11 is 0. The molecule has 0 aromatic heterocycles. The van der Waals surface area contributed by atoms with Gasteiger partial charge in [0.2, 0.25) is 0 Å². The SMILES string of the molecule is CC(C)(C)OC(=O)C1(NC(=O)OCC2c3ccccc3-c3ccccc32)CCCNC1C(=O)O. The highest BCUT2D eigenvalue weighted by atomic mass is 16.6. The van der Waals surface area contributed by atoms with Gasteiger partial charge in [-0.3, -0.25) is 4.79 Å². The third-order valence-corrected chi connectivity index (χ3v) is 6.27. The molecule has 180 valence electrons. The second kappa shape index (κ2) is 9.10.